The SMILES string of the molecule is Cc1cc(C)c(C(=O)NCC2CCC(C)NC2)c(C)c1. The topological polar surface area (TPSA) is 41.1 Å². The molecule has 0 saturated carbocycles. The maximum Gasteiger partial charge on any atom is 0.251 e. The van der Waals surface area contributed by atoms with Gasteiger partial charge in [-0.25, -0.2) is 0 Å². The number of aryl methyl sites for hydroxylation is 3. The minimum Gasteiger partial charge on any atom is -0.352 e. The number of carbonyl (C=O) groups excluding carboxylic acids is 1. The second-order valence-electron chi connectivity index (χ2n) is 6.24. The van der Waals surface area contributed by atoms with Crippen molar-refractivity contribution in [1.29, 1.82) is 0 Å². The summed E-state index contributed by atoms with van der Waals surface area (Å²) in [4.78, 5) is 12.4. The summed E-state index contributed by atoms with van der Waals surface area (Å²) in [5.41, 5.74) is 4.18. The number of piperidine rings is 1. The van der Waals surface area contributed by atoms with E-state index in [1.807, 2.05) is 13.8 Å². The van der Waals surface area contributed by atoms with Gasteiger partial charge in [-0.15, -0.1) is 0 Å². The van der Waals surface area contributed by atoms with Crippen LogP contribution in [-0.2, 0) is 0 Å². The largest absolute Gasteiger partial charge is 0.352 e. The average Bonchev–Trinajstić information content (AvgIpc) is 2.37. The number of hydrogen-bond acceptors (Lipinski definition) is 2. The van der Waals surface area contributed by atoms with E-state index in [2.05, 4.69) is 36.6 Å². The van der Waals surface area contributed by atoms with Crippen LogP contribution in [0.2, 0.25) is 0 Å². The van der Waals surface area contributed by atoms with Gasteiger partial charge in [-0.2, -0.15) is 0 Å². The fraction of sp³-hybridized carbons (Fsp3) is 0.588. The van der Waals surface area contributed by atoms with Gasteiger partial charge in [0, 0.05) is 18.2 Å². The van der Waals surface area contributed by atoms with Crippen LogP contribution in [0.15, 0.2) is 12.1 Å². The molecule has 2 N–H and O–H groups in total. The summed E-state index contributed by atoms with van der Waals surface area (Å²) < 4.78 is 0. The molecule has 0 bridgehead atoms. The fourth-order valence-electron chi connectivity index (χ4n) is 3.10. The van der Waals surface area contributed by atoms with Crippen LogP contribution in [0, 0.1) is 26.7 Å². The van der Waals surface area contributed by atoms with Gasteiger partial charge in [0.15, 0.2) is 0 Å². The molecule has 1 saturated heterocycles. The Balaban J connectivity index is 1.95. The molecule has 3 nitrogen and oxygen atoms in total. The van der Waals surface area contributed by atoms with Crippen molar-refractivity contribution in [3.05, 3.63) is 34.4 Å². The molecular weight excluding hydrogens is 248 g/mol. The number of carbonyl (C=O) groups is 1. The van der Waals surface area contributed by atoms with Crippen LogP contribution >= 0.6 is 0 Å². The van der Waals surface area contributed by atoms with Crippen molar-refractivity contribution in [1.82, 2.24) is 10.6 Å². The fourth-order valence-corrected chi connectivity index (χ4v) is 3.10. The van der Waals surface area contributed by atoms with Gasteiger partial charge >= 0.3 is 0 Å². The minimum absolute atomic E-state index is 0.0682. The summed E-state index contributed by atoms with van der Waals surface area (Å²) in [5.74, 6) is 0.625. The van der Waals surface area contributed by atoms with E-state index in [1.165, 1.54) is 18.4 Å². The molecule has 2 atom stereocenters. The van der Waals surface area contributed by atoms with Gasteiger partial charge in [-0.3, -0.25) is 4.79 Å². The highest BCUT2D eigenvalue weighted by molar-refractivity contribution is 5.97. The van der Waals surface area contributed by atoms with Gasteiger partial charge in [0.05, 0.1) is 0 Å². The molecule has 1 amide bonds. The van der Waals surface area contributed by atoms with Crippen LogP contribution in [0.3, 0.4) is 0 Å². The summed E-state index contributed by atoms with van der Waals surface area (Å²) in [6.07, 6.45) is 2.39. The van der Waals surface area contributed by atoms with Crippen LogP contribution in [-0.4, -0.2) is 25.0 Å². The number of benzene rings is 1. The summed E-state index contributed by atoms with van der Waals surface area (Å²) in [5, 5.41) is 6.58. The average molecular weight is 274 g/mol. The molecule has 1 aliphatic rings. The maximum atomic E-state index is 12.4. The van der Waals surface area contributed by atoms with Gasteiger partial charge in [0.1, 0.15) is 0 Å². The lowest BCUT2D eigenvalue weighted by atomic mass is 9.95. The Bertz CT molecular complexity index is 465. The predicted molar refractivity (Wildman–Crippen MR) is 83.2 cm³/mol. The van der Waals surface area contributed by atoms with Gasteiger partial charge in [-0.05, 0) is 64.1 Å². The van der Waals surface area contributed by atoms with Crippen LogP contribution < -0.4 is 10.6 Å². The van der Waals surface area contributed by atoms with E-state index in [-0.39, 0.29) is 5.91 Å². The zero-order valence-electron chi connectivity index (χ0n) is 13.0. The lowest BCUT2D eigenvalue weighted by Crippen LogP contribution is -2.42. The van der Waals surface area contributed by atoms with E-state index in [0.29, 0.717) is 12.0 Å². The number of rotatable bonds is 3. The number of hydrogen-bond donors (Lipinski definition) is 2. The Morgan fingerprint density at radius 3 is 2.45 bits per heavy atom. The van der Waals surface area contributed by atoms with E-state index < -0.39 is 0 Å². The van der Waals surface area contributed by atoms with Crippen molar-refractivity contribution in [2.75, 3.05) is 13.1 Å². The molecule has 3 heteroatoms. The number of nitrogens with one attached hydrogen (secondary N) is 2. The molecule has 0 aliphatic carbocycles. The molecule has 0 radical (unpaired) electrons. The molecule has 1 aromatic carbocycles. The Morgan fingerprint density at radius 2 is 1.90 bits per heavy atom. The van der Waals surface area contributed by atoms with Gasteiger partial charge in [0.25, 0.3) is 5.91 Å². The van der Waals surface area contributed by atoms with Gasteiger partial charge < -0.3 is 10.6 Å². The zero-order valence-corrected chi connectivity index (χ0v) is 13.0. The Labute approximate surface area is 122 Å². The molecule has 1 aromatic rings. The molecule has 2 rings (SSSR count). The van der Waals surface area contributed by atoms with Gasteiger partial charge in [0.2, 0.25) is 0 Å². The maximum absolute atomic E-state index is 12.4. The summed E-state index contributed by atoms with van der Waals surface area (Å²) in [6, 6.07) is 4.76. The van der Waals surface area contributed by atoms with Crippen molar-refractivity contribution in [3.63, 3.8) is 0 Å². The normalized spacial score (nSPS) is 22.6. The smallest absolute Gasteiger partial charge is 0.251 e. The Morgan fingerprint density at radius 1 is 1.25 bits per heavy atom. The molecule has 110 valence electrons. The molecule has 20 heavy (non-hydrogen) atoms. The zero-order chi connectivity index (χ0) is 14.7. The van der Waals surface area contributed by atoms with E-state index in [1.54, 1.807) is 0 Å². The van der Waals surface area contributed by atoms with Crippen molar-refractivity contribution in [3.8, 4) is 0 Å². The molecule has 0 spiro atoms. The van der Waals surface area contributed by atoms with Crippen LogP contribution in [0.4, 0.5) is 0 Å². The second kappa shape index (κ2) is 6.40. The third-order valence-electron chi connectivity index (χ3n) is 4.22. The summed E-state index contributed by atoms with van der Waals surface area (Å²) in [7, 11) is 0. The summed E-state index contributed by atoms with van der Waals surface area (Å²) >= 11 is 0. The van der Waals surface area contributed by atoms with Crippen molar-refractivity contribution in [2.45, 2.75) is 46.6 Å². The van der Waals surface area contributed by atoms with Crippen LogP contribution in [0.25, 0.3) is 0 Å². The highest BCUT2D eigenvalue weighted by Gasteiger charge is 2.19. The predicted octanol–water partition coefficient (Wildman–Crippen LogP) is 2.73. The van der Waals surface area contributed by atoms with E-state index >= 15 is 0 Å². The third-order valence-corrected chi connectivity index (χ3v) is 4.22. The van der Waals surface area contributed by atoms with E-state index in [0.717, 1.165) is 29.8 Å². The highest BCUT2D eigenvalue weighted by atomic mass is 16.1. The lowest BCUT2D eigenvalue weighted by Gasteiger charge is -2.27. The molecule has 1 fully saturated rings. The molecule has 1 heterocycles. The first-order valence-corrected chi connectivity index (χ1v) is 7.56. The first kappa shape index (κ1) is 15.0. The summed E-state index contributed by atoms with van der Waals surface area (Å²) in [6.45, 7) is 10.1. The van der Waals surface area contributed by atoms with Gasteiger partial charge in [-0.1, -0.05) is 17.7 Å². The van der Waals surface area contributed by atoms with Crippen LogP contribution in [0.5, 0.6) is 0 Å². The standard InChI is InChI=1S/C17H26N2O/c1-11-7-12(2)16(13(3)8-11)17(20)19-10-15-6-5-14(4)18-9-15/h7-8,14-15,18H,5-6,9-10H2,1-4H3,(H,19,20). The van der Waals surface area contributed by atoms with E-state index in [4.69, 9.17) is 0 Å². The monoisotopic (exact) mass is 274 g/mol. The third kappa shape index (κ3) is 3.60. The highest BCUT2D eigenvalue weighted by Crippen LogP contribution is 2.17. The Kier molecular flexibility index (Phi) is 4.81. The molecule has 0 aromatic heterocycles. The van der Waals surface area contributed by atoms with Crippen molar-refractivity contribution < 1.29 is 4.79 Å². The second-order valence-corrected chi connectivity index (χ2v) is 6.24. The minimum atomic E-state index is 0.0682. The van der Waals surface area contributed by atoms with Crippen molar-refractivity contribution >= 4 is 5.91 Å². The molecular formula is C17H26N2O. The first-order valence-electron chi connectivity index (χ1n) is 7.56. The van der Waals surface area contributed by atoms with Crippen molar-refractivity contribution in [2.24, 2.45) is 5.92 Å². The molecule has 1 aliphatic heterocycles. The Hall–Kier alpha value is -1.35. The number of amides is 1. The molecule has 2 unspecified atom stereocenters. The van der Waals surface area contributed by atoms with Crippen LogP contribution in [0.1, 0.15) is 46.8 Å². The quantitative estimate of drug-likeness (QED) is 0.890. The lowest BCUT2D eigenvalue weighted by molar-refractivity contribution is 0.0942. The van der Waals surface area contributed by atoms with E-state index in [9.17, 15) is 4.79 Å². The first-order chi connectivity index (χ1) is 9.47.